The van der Waals surface area contributed by atoms with Crippen molar-refractivity contribution in [1.29, 1.82) is 0 Å². The Kier molecular flexibility index (Phi) is 5.46. The number of nitrogens with zero attached hydrogens (tertiary/aromatic N) is 3. The van der Waals surface area contributed by atoms with E-state index in [0.717, 1.165) is 5.56 Å². The minimum absolute atomic E-state index is 0.130. The first-order valence-electron chi connectivity index (χ1n) is 8.84. The molecule has 1 saturated carbocycles. The number of pyridine rings is 1. The van der Waals surface area contributed by atoms with Crippen molar-refractivity contribution >= 4 is 50.7 Å². The van der Waals surface area contributed by atoms with Gasteiger partial charge in [-0.2, -0.15) is 16.4 Å². The number of thiophene rings is 1. The van der Waals surface area contributed by atoms with Gasteiger partial charge in [0, 0.05) is 18.2 Å². The monoisotopic (exact) mass is 494 g/mol. The maximum absolute atomic E-state index is 13.2. The normalized spacial score (nSPS) is 20.3. The standard InChI is InChI=1S/C19H16BrClN4O3S/c1-2-28-18(27)19(9-12(19)11-5-7-29-10-11)23-17(26)14-8-15(20)24-25(14)16-13(21)4-3-6-22-16/h3-8,10,12H,2,9H2,1H3,(H,23,26). The maximum Gasteiger partial charge on any atom is 0.332 e. The summed E-state index contributed by atoms with van der Waals surface area (Å²) < 4.78 is 7.05. The molecule has 1 amide bonds. The Hall–Kier alpha value is -2.23. The molecule has 0 bridgehead atoms. The van der Waals surface area contributed by atoms with Crippen molar-refractivity contribution in [2.45, 2.75) is 24.8 Å². The summed E-state index contributed by atoms with van der Waals surface area (Å²) in [6.45, 7) is 1.98. The summed E-state index contributed by atoms with van der Waals surface area (Å²) in [5, 5.41) is 11.4. The molecule has 0 saturated heterocycles. The van der Waals surface area contributed by atoms with Gasteiger partial charge >= 0.3 is 5.97 Å². The van der Waals surface area contributed by atoms with Crippen molar-refractivity contribution < 1.29 is 14.3 Å². The van der Waals surface area contributed by atoms with E-state index in [0.29, 0.717) is 21.9 Å². The lowest BCUT2D eigenvalue weighted by Crippen LogP contribution is -2.46. The van der Waals surface area contributed by atoms with E-state index in [4.69, 9.17) is 16.3 Å². The van der Waals surface area contributed by atoms with Gasteiger partial charge in [0.25, 0.3) is 5.91 Å². The SMILES string of the molecule is CCOC(=O)C1(NC(=O)c2cc(Br)nn2-c2ncccc2Cl)CC1c1ccsc1. The van der Waals surface area contributed by atoms with E-state index in [2.05, 4.69) is 31.3 Å². The molecular formula is C19H16BrClN4O3S. The Morgan fingerprint density at radius 1 is 1.48 bits per heavy atom. The highest BCUT2D eigenvalue weighted by atomic mass is 79.9. The molecule has 29 heavy (non-hydrogen) atoms. The maximum atomic E-state index is 13.2. The molecule has 7 nitrogen and oxygen atoms in total. The predicted molar refractivity (Wildman–Crippen MR) is 113 cm³/mol. The van der Waals surface area contributed by atoms with E-state index in [1.165, 1.54) is 4.68 Å². The summed E-state index contributed by atoms with van der Waals surface area (Å²) in [7, 11) is 0. The third kappa shape index (κ3) is 3.70. The summed E-state index contributed by atoms with van der Waals surface area (Å²) >= 11 is 11.1. The Balaban J connectivity index is 1.67. The van der Waals surface area contributed by atoms with Crippen LogP contribution in [0.1, 0.15) is 35.3 Å². The fourth-order valence-corrected chi connectivity index (χ4v) is 4.58. The van der Waals surface area contributed by atoms with Crippen LogP contribution in [-0.2, 0) is 9.53 Å². The number of esters is 1. The third-order valence-electron chi connectivity index (χ3n) is 4.73. The molecule has 2 atom stereocenters. The second kappa shape index (κ2) is 7.89. The van der Waals surface area contributed by atoms with Crippen molar-refractivity contribution in [3.63, 3.8) is 0 Å². The molecule has 4 rings (SSSR count). The largest absolute Gasteiger partial charge is 0.464 e. The topological polar surface area (TPSA) is 86.1 Å². The van der Waals surface area contributed by atoms with E-state index >= 15 is 0 Å². The van der Waals surface area contributed by atoms with Crippen LogP contribution in [0.5, 0.6) is 0 Å². The zero-order chi connectivity index (χ0) is 20.6. The lowest BCUT2D eigenvalue weighted by Gasteiger charge is -2.18. The number of rotatable bonds is 6. The molecule has 3 aromatic heterocycles. The highest BCUT2D eigenvalue weighted by molar-refractivity contribution is 9.10. The molecule has 1 N–H and O–H groups in total. The molecular weight excluding hydrogens is 480 g/mol. The average molecular weight is 496 g/mol. The van der Waals surface area contributed by atoms with Gasteiger partial charge in [-0.05, 0) is 63.8 Å². The van der Waals surface area contributed by atoms with E-state index < -0.39 is 17.4 Å². The fourth-order valence-electron chi connectivity index (χ4n) is 3.29. The van der Waals surface area contributed by atoms with Crippen LogP contribution in [0.15, 0.2) is 45.8 Å². The van der Waals surface area contributed by atoms with E-state index in [-0.39, 0.29) is 18.2 Å². The van der Waals surface area contributed by atoms with E-state index in [1.807, 2.05) is 16.8 Å². The van der Waals surface area contributed by atoms with Gasteiger partial charge < -0.3 is 10.1 Å². The van der Waals surface area contributed by atoms with Crippen molar-refractivity contribution in [2.75, 3.05) is 6.61 Å². The van der Waals surface area contributed by atoms with E-state index in [9.17, 15) is 9.59 Å². The molecule has 0 aromatic carbocycles. The Bertz CT molecular complexity index is 1070. The smallest absolute Gasteiger partial charge is 0.332 e. The van der Waals surface area contributed by atoms with Crippen molar-refractivity contribution in [3.05, 3.63) is 62.1 Å². The van der Waals surface area contributed by atoms with Crippen LogP contribution >= 0.6 is 38.9 Å². The Morgan fingerprint density at radius 2 is 2.31 bits per heavy atom. The van der Waals surface area contributed by atoms with Gasteiger partial charge in [0.15, 0.2) is 5.82 Å². The molecule has 1 fully saturated rings. The highest BCUT2D eigenvalue weighted by Gasteiger charge is 2.63. The van der Waals surface area contributed by atoms with Gasteiger partial charge in [0.05, 0.1) is 11.6 Å². The minimum Gasteiger partial charge on any atom is -0.464 e. The van der Waals surface area contributed by atoms with Crippen molar-refractivity contribution in [2.24, 2.45) is 0 Å². The Morgan fingerprint density at radius 3 is 3.00 bits per heavy atom. The number of carbonyl (C=O) groups excluding carboxylic acids is 2. The summed E-state index contributed by atoms with van der Waals surface area (Å²) in [5.74, 6) is -0.711. The lowest BCUT2D eigenvalue weighted by atomic mass is 10.1. The minimum atomic E-state index is -1.09. The zero-order valence-corrected chi connectivity index (χ0v) is 18.4. The molecule has 10 heteroatoms. The molecule has 0 spiro atoms. The zero-order valence-electron chi connectivity index (χ0n) is 15.3. The second-order valence-corrected chi connectivity index (χ2v) is 8.53. The quantitative estimate of drug-likeness (QED) is 0.523. The number of carbonyl (C=O) groups is 2. The van der Waals surface area contributed by atoms with Crippen LogP contribution in [-0.4, -0.2) is 38.8 Å². The number of halogens is 2. The molecule has 3 heterocycles. The fraction of sp³-hybridized carbons (Fsp3) is 0.263. The number of nitrogens with one attached hydrogen (secondary N) is 1. The summed E-state index contributed by atoms with van der Waals surface area (Å²) in [4.78, 5) is 30.1. The first-order chi connectivity index (χ1) is 14.0. The summed E-state index contributed by atoms with van der Waals surface area (Å²) in [5.41, 5.74) is 0.117. The average Bonchev–Trinajstić information content (AvgIpc) is 3.05. The van der Waals surface area contributed by atoms with Crippen molar-refractivity contribution in [3.8, 4) is 5.82 Å². The number of aromatic nitrogens is 3. The molecule has 0 aliphatic heterocycles. The lowest BCUT2D eigenvalue weighted by molar-refractivity contribution is -0.146. The van der Waals surface area contributed by atoms with Gasteiger partial charge in [0.1, 0.15) is 15.8 Å². The third-order valence-corrected chi connectivity index (χ3v) is 6.12. The van der Waals surface area contributed by atoms with Gasteiger partial charge in [0.2, 0.25) is 0 Å². The van der Waals surface area contributed by atoms with Gasteiger partial charge in [-0.25, -0.2) is 14.5 Å². The van der Waals surface area contributed by atoms with Crippen molar-refractivity contribution in [1.82, 2.24) is 20.1 Å². The molecule has 1 aliphatic carbocycles. The first-order valence-corrected chi connectivity index (χ1v) is 11.0. The van der Waals surface area contributed by atoms with Crippen LogP contribution < -0.4 is 5.32 Å². The van der Waals surface area contributed by atoms with Gasteiger partial charge in [-0.3, -0.25) is 4.79 Å². The first kappa shape index (κ1) is 20.1. The van der Waals surface area contributed by atoms with E-state index in [1.54, 1.807) is 42.7 Å². The second-order valence-electron chi connectivity index (χ2n) is 6.53. The molecule has 150 valence electrons. The molecule has 0 radical (unpaired) electrons. The number of amides is 1. The van der Waals surface area contributed by atoms with Crippen LogP contribution in [0.25, 0.3) is 5.82 Å². The van der Waals surface area contributed by atoms with Crippen LogP contribution in [0.4, 0.5) is 0 Å². The number of ether oxygens (including phenoxy) is 1. The van der Waals surface area contributed by atoms with Gasteiger partial charge in [-0.15, -0.1) is 0 Å². The highest BCUT2D eigenvalue weighted by Crippen LogP contribution is 2.53. The summed E-state index contributed by atoms with van der Waals surface area (Å²) in [6, 6.07) is 6.86. The van der Waals surface area contributed by atoms with Gasteiger partial charge in [-0.1, -0.05) is 11.6 Å². The molecule has 1 aliphatic rings. The summed E-state index contributed by atoms with van der Waals surface area (Å²) in [6.07, 6.45) is 2.04. The predicted octanol–water partition coefficient (Wildman–Crippen LogP) is 3.96. The van der Waals surface area contributed by atoms with Crippen LogP contribution in [0.2, 0.25) is 5.02 Å². The number of hydrogen-bond acceptors (Lipinski definition) is 6. The molecule has 2 unspecified atom stereocenters. The number of hydrogen-bond donors (Lipinski definition) is 1. The Labute approximate surface area is 184 Å². The van der Waals surface area contributed by atoms with Crippen LogP contribution in [0.3, 0.4) is 0 Å². The van der Waals surface area contributed by atoms with Crippen LogP contribution in [0, 0.1) is 0 Å². The molecule has 3 aromatic rings.